The Morgan fingerprint density at radius 3 is 2.48 bits per heavy atom. The predicted molar refractivity (Wildman–Crippen MR) is 99.3 cm³/mol. The number of thiazole rings is 1. The van der Waals surface area contributed by atoms with Crippen LogP contribution in [0.1, 0.15) is 41.1 Å². The lowest BCUT2D eigenvalue weighted by Crippen LogP contribution is -2.17. The Labute approximate surface area is 146 Å². The maximum Gasteiger partial charge on any atom is 0.267 e. The van der Waals surface area contributed by atoms with E-state index in [2.05, 4.69) is 31.1 Å². The largest absolute Gasteiger partial charge is 0.375 e. The maximum atomic E-state index is 12.7. The minimum Gasteiger partial charge on any atom is -0.375 e. The van der Waals surface area contributed by atoms with Gasteiger partial charge in [-0.15, -0.1) is 11.3 Å². The van der Waals surface area contributed by atoms with E-state index in [1.807, 2.05) is 44.1 Å². The number of para-hydroxylation sites is 1. The Kier molecular flexibility index (Phi) is 5.01. The van der Waals surface area contributed by atoms with E-state index >= 15 is 0 Å². The van der Waals surface area contributed by atoms with Crippen molar-refractivity contribution in [2.24, 2.45) is 0 Å². The molecule has 1 aromatic heterocycles. The minimum absolute atomic E-state index is 0.0706. The van der Waals surface area contributed by atoms with Crippen molar-refractivity contribution in [3.8, 4) is 0 Å². The second kappa shape index (κ2) is 6.49. The average Bonchev–Trinajstić information content (AvgIpc) is 2.80. The number of halogens is 1. The SMILES string of the molecule is Cc1nc(C(C)(C)C)sc1C(=O)Nc1cccc(Cl)c1N(C)C. The van der Waals surface area contributed by atoms with E-state index in [4.69, 9.17) is 11.6 Å². The predicted octanol–water partition coefficient (Wildman–Crippen LogP) is 4.72. The summed E-state index contributed by atoms with van der Waals surface area (Å²) in [5.41, 5.74) is 2.17. The standard InChI is InChI=1S/C17H22ClN3OS/c1-10-14(23-16(19-10)17(2,3)4)15(22)20-12-9-7-8-11(18)13(12)21(5)6/h7-9H,1-6H3,(H,20,22). The monoisotopic (exact) mass is 351 g/mol. The van der Waals surface area contributed by atoms with Gasteiger partial charge in [-0.05, 0) is 19.1 Å². The lowest BCUT2D eigenvalue weighted by molar-refractivity contribution is 0.103. The normalized spacial score (nSPS) is 11.4. The molecule has 23 heavy (non-hydrogen) atoms. The van der Waals surface area contributed by atoms with Gasteiger partial charge in [-0.25, -0.2) is 4.98 Å². The molecule has 0 saturated carbocycles. The highest BCUT2D eigenvalue weighted by Gasteiger charge is 2.23. The van der Waals surface area contributed by atoms with Crippen LogP contribution in [0, 0.1) is 6.92 Å². The number of rotatable bonds is 3. The van der Waals surface area contributed by atoms with Gasteiger partial charge in [0.25, 0.3) is 5.91 Å². The number of hydrogen-bond donors (Lipinski definition) is 1. The first-order valence-corrected chi connectivity index (χ1v) is 8.56. The Bertz CT molecular complexity index is 732. The molecule has 0 unspecified atom stereocenters. The van der Waals surface area contributed by atoms with Gasteiger partial charge in [0.2, 0.25) is 0 Å². The summed E-state index contributed by atoms with van der Waals surface area (Å²) in [6, 6.07) is 5.48. The van der Waals surface area contributed by atoms with E-state index in [1.54, 1.807) is 0 Å². The molecule has 0 aliphatic rings. The number of carbonyl (C=O) groups is 1. The zero-order chi connectivity index (χ0) is 17.4. The zero-order valence-electron chi connectivity index (χ0n) is 14.3. The summed E-state index contributed by atoms with van der Waals surface area (Å²) >= 11 is 7.69. The second-order valence-corrected chi connectivity index (χ2v) is 8.07. The Balaban J connectivity index is 2.34. The molecule has 1 heterocycles. The third-order valence-electron chi connectivity index (χ3n) is 3.33. The van der Waals surface area contributed by atoms with Crippen molar-refractivity contribution in [1.82, 2.24) is 4.98 Å². The molecule has 0 fully saturated rings. The van der Waals surface area contributed by atoms with Gasteiger partial charge in [0, 0.05) is 19.5 Å². The molecule has 0 atom stereocenters. The number of aromatic nitrogens is 1. The van der Waals surface area contributed by atoms with Crippen LogP contribution in [-0.2, 0) is 5.41 Å². The molecule has 2 aromatic rings. The number of benzene rings is 1. The van der Waals surface area contributed by atoms with Crippen LogP contribution in [0.5, 0.6) is 0 Å². The summed E-state index contributed by atoms with van der Waals surface area (Å²) in [4.78, 5) is 19.7. The molecule has 2 rings (SSSR count). The van der Waals surface area contributed by atoms with E-state index in [-0.39, 0.29) is 11.3 Å². The van der Waals surface area contributed by atoms with Crippen LogP contribution in [-0.4, -0.2) is 25.0 Å². The summed E-state index contributed by atoms with van der Waals surface area (Å²) in [5, 5.41) is 4.52. The van der Waals surface area contributed by atoms with Gasteiger partial charge >= 0.3 is 0 Å². The molecule has 1 N–H and O–H groups in total. The number of nitrogens with zero attached hydrogens (tertiary/aromatic N) is 2. The van der Waals surface area contributed by atoms with Crippen LogP contribution < -0.4 is 10.2 Å². The van der Waals surface area contributed by atoms with E-state index in [0.29, 0.717) is 15.6 Å². The van der Waals surface area contributed by atoms with Crippen LogP contribution >= 0.6 is 22.9 Å². The topological polar surface area (TPSA) is 45.2 Å². The fourth-order valence-corrected chi connectivity index (χ4v) is 3.54. The lowest BCUT2D eigenvalue weighted by atomic mass is 9.98. The molecular formula is C17H22ClN3OS. The van der Waals surface area contributed by atoms with Crippen LogP contribution in [0.15, 0.2) is 18.2 Å². The minimum atomic E-state index is -0.152. The van der Waals surface area contributed by atoms with E-state index < -0.39 is 0 Å². The average molecular weight is 352 g/mol. The van der Waals surface area contributed by atoms with E-state index in [1.165, 1.54) is 11.3 Å². The molecule has 0 aliphatic heterocycles. The maximum absolute atomic E-state index is 12.7. The second-order valence-electron chi connectivity index (χ2n) is 6.67. The molecular weight excluding hydrogens is 330 g/mol. The fourth-order valence-electron chi connectivity index (χ4n) is 2.18. The molecule has 0 radical (unpaired) electrons. The van der Waals surface area contributed by atoms with E-state index in [0.717, 1.165) is 16.4 Å². The van der Waals surface area contributed by atoms with Crippen molar-refractivity contribution in [3.05, 3.63) is 38.8 Å². The number of amides is 1. The van der Waals surface area contributed by atoms with Crippen molar-refractivity contribution in [3.63, 3.8) is 0 Å². The summed E-state index contributed by atoms with van der Waals surface area (Å²) in [7, 11) is 3.79. The van der Waals surface area contributed by atoms with Crippen LogP contribution in [0.4, 0.5) is 11.4 Å². The van der Waals surface area contributed by atoms with Crippen molar-refractivity contribution >= 4 is 40.2 Å². The summed E-state index contributed by atoms with van der Waals surface area (Å²) in [6.07, 6.45) is 0. The number of anilines is 2. The Hall–Kier alpha value is -1.59. The van der Waals surface area contributed by atoms with Gasteiger partial charge in [0.15, 0.2) is 0 Å². The fraction of sp³-hybridized carbons (Fsp3) is 0.412. The Morgan fingerprint density at radius 1 is 1.30 bits per heavy atom. The first-order chi connectivity index (χ1) is 10.6. The third kappa shape index (κ3) is 3.85. The van der Waals surface area contributed by atoms with Crippen LogP contribution in [0.3, 0.4) is 0 Å². The summed E-state index contributed by atoms with van der Waals surface area (Å²) in [5.74, 6) is -0.152. The van der Waals surface area contributed by atoms with Gasteiger partial charge in [-0.1, -0.05) is 38.4 Å². The van der Waals surface area contributed by atoms with E-state index in [9.17, 15) is 4.79 Å². The van der Waals surface area contributed by atoms with Crippen molar-refractivity contribution < 1.29 is 4.79 Å². The van der Waals surface area contributed by atoms with Crippen molar-refractivity contribution in [1.29, 1.82) is 0 Å². The third-order valence-corrected chi connectivity index (χ3v) is 5.21. The van der Waals surface area contributed by atoms with Gasteiger partial charge in [-0.3, -0.25) is 4.79 Å². The van der Waals surface area contributed by atoms with Crippen LogP contribution in [0.2, 0.25) is 5.02 Å². The zero-order valence-corrected chi connectivity index (χ0v) is 15.9. The first-order valence-electron chi connectivity index (χ1n) is 7.36. The molecule has 0 saturated heterocycles. The number of aryl methyl sites for hydroxylation is 1. The molecule has 4 nitrogen and oxygen atoms in total. The molecule has 0 aliphatic carbocycles. The summed E-state index contributed by atoms with van der Waals surface area (Å²) < 4.78 is 0. The highest BCUT2D eigenvalue weighted by atomic mass is 35.5. The first kappa shape index (κ1) is 17.8. The summed E-state index contributed by atoms with van der Waals surface area (Å²) in [6.45, 7) is 8.14. The van der Waals surface area contributed by atoms with Gasteiger partial charge in [-0.2, -0.15) is 0 Å². The number of hydrogen-bond acceptors (Lipinski definition) is 4. The molecule has 1 amide bonds. The highest BCUT2D eigenvalue weighted by molar-refractivity contribution is 7.14. The molecule has 124 valence electrons. The smallest absolute Gasteiger partial charge is 0.267 e. The van der Waals surface area contributed by atoms with Crippen molar-refractivity contribution in [2.75, 3.05) is 24.3 Å². The van der Waals surface area contributed by atoms with Gasteiger partial charge in [0.1, 0.15) is 4.88 Å². The van der Waals surface area contributed by atoms with Crippen molar-refractivity contribution in [2.45, 2.75) is 33.1 Å². The Morgan fingerprint density at radius 2 is 1.96 bits per heavy atom. The quantitative estimate of drug-likeness (QED) is 0.870. The number of nitrogens with one attached hydrogen (secondary N) is 1. The lowest BCUT2D eigenvalue weighted by Gasteiger charge is -2.19. The molecule has 0 bridgehead atoms. The number of carbonyl (C=O) groups excluding carboxylic acids is 1. The molecule has 0 spiro atoms. The van der Waals surface area contributed by atoms with Gasteiger partial charge in [0.05, 0.1) is 27.1 Å². The molecule has 6 heteroatoms. The van der Waals surface area contributed by atoms with Gasteiger partial charge < -0.3 is 10.2 Å². The van der Waals surface area contributed by atoms with Crippen LogP contribution in [0.25, 0.3) is 0 Å². The molecule has 1 aromatic carbocycles. The highest BCUT2D eigenvalue weighted by Crippen LogP contribution is 2.34.